The molecule has 1 N–H and O–H groups in total. The van der Waals surface area contributed by atoms with Gasteiger partial charge in [0.15, 0.2) is 11.5 Å². The van der Waals surface area contributed by atoms with Crippen molar-refractivity contribution in [3.63, 3.8) is 0 Å². The molecular formula is C23H27FN6O2. The van der Waals surface area contributed by atoms with E-state index in [1.54, 1.807) is 41.2 Å². The van der Waals surface area contributed by atoms with Crippen LogP contribution in [-0.2, 0) is 9.53 Å². The molecule has 1 aliphatic heterocycles. The van der Waals surface area contributed by atoms with Crippen molar-refractivity contribution < 1.29 is 13.9 Å². The van der Waals surface area contributed by atoms with Gasteiger partial charge in [-0.15, -0.1) is 0 Å². The molecule has 0 radical (unpaired) electrons. The quantitative estimate of drug-likeness (QED) is 0.504. The predicted molar refractivity (Wildman–Crippen MR) is 121 cm³/mol. The van der Waals surface area contributed by atoms with Gasteiger partial charge in [0.2, 0.25) is 5.91 Å². The first-order chi connectivity index (χ1) is 15.7. The van der Waals surface area contributed by atoms with E-state index in [0.717, 1.165) is 26.2 Å². The molecule has 8 nitrogen and oxygen atoms in total. The first kappa shape index (κ1) is 22.0. The van der Waals surface area contributed by atoms with Gasteiger partial charge in [0.05, 0.1) is 19.3 Å². The molecule has 1 aliphatic carbocycles. The Kier molecular flexibility index (Phi) is 7.11. The van der Waals surface area contributed by atoms with Crippen LogP contribution < -0.4 is 5.32 Å². The van der Waals surface area contributed by atoms with Crippen LogP contribution in [0.2, 0.25) is 0 Å². The molecule has 0 atom stereocenters. The van der Waals surface area contributed by atoms with Crippen molar-refractivity contribution in [3.05, 3.63) is 60.1 Å². The molecule has 0 bridgehead atoms. The van der Waals surface area contributed by atoms with E-state index >= 15 is 0 Å². The van der Waals surface area contributed by atoms with Gasteiger partial charge in [0.1, 0.15) is 11.5 Å². The molecule has 0 saturated carbocycles. The highest BCUT2D eigenvalue weighted by molar-refractivity contribution is 5.85. The number of anilines is 1. The number of nitrogens with one attached hydrogen (secondary N) is 1. The highest BCUT2D eigenvalue weighted by Crippen LogP contribution is 2.26. The number of allylic oxidation sites excluding steroid dienone is 5. The zero-order valence-corrected chi connectivity index (χ0v) is 18.1. The van der Waals surface area contributed by atoms with Gasteiger partial charge in [-0.3, -0.25) is 19.1 Å². The molecule has 1 saturated heterocycles. The molecule has 4 rings (SSSR count). The number of piperazine rings is 1. The van der Waals surface area contributed by atoms with Crippen LogP contribution in [0.3, 0.4) is 0 Å². The fourth-order valence-corrected chi connectivity index (χ4v) is 3.74. The van der Waals surface area contributed by atoms with Crippen LogP contribution in [-0.4, -0.2) is 82.6 Å². The van der Waals surface area contributed by atoms with E-state index < -0.39 is 5.83 Å². The van der Waals surface area contributed by atoms with Gasteiger partial charge in [-0.1, -0.05) is 17.9 Å². The van der Waals surface area contributed by atoms with Gasteiger partial charge in [0, 0.05) is 57.3 Å². The molecule has 3 heterocycles. The van der Waals surface area contributed by atoms with Crippen molar-refractivity contribution in [2.24, 2.45) is 0 Å². The van der Waals surface area contributed by atoms with Crippen LogP contribution in [0, 0.1) is 0 Å². The maximum absolute atomic E-state index is 14.0. The van der Waals surface area contributed by atoms with Crippen LogP contribution in [0.25, 0.3) is 11.2 Å². The Morgan fingerprint density at radius 2 is 2.06 bits per heavy atom. The number of nitrogens with zero attached hydrogens (tertiary/aromatic N) is 5. The number of aromatic nitrogens is 3. The van der Waals surface area contributed by atoms with Crippen molar-refractivity contribution in [1.29, 1.82) is 0 Å². The molecule has 1 amide bonds. The third kappa shape index (κ3) is 5.13. The number of hydrogen-bond donors (Lipinski definition) is 1. The number of carbonyl (C=O) groups is 1. The van der Waals surface area contributed by atoms with Crippen LogP contribution in [0.15, 0.2) is 54.5 Å². The summed E-state index contributed by atoms with van der Waals surface area (Å²) in [5, 5.41) is 3.22. The van der Waals surface area contributed by atoms with Gasteiger partial charge in [-0.05, 0) is 19.1 Å². The third-order valence-corrected chi connectivity index (χ3v) is 5.44. The van der Waals surface area contributed by atoms with E-state index in [1.165, 1.54) is 6.08 Å². The van der Waals surface area contributed by atoms with E-state index in [-0.39, 0.29) is 12.5 Å². The largest absolute Gasteiger partial charge is 0.380 e. The standard InChI is InChI=1S/C23H27FN6O2/c1-2-32-14-13-28-9-11-29(12-10-28)21(31)17-26-23-22(18-5-3-4-6-19(24)15-18)27-20-16-25-7-8-30(20)23/h3-8,16,26H,2,9-14,17H2,1H3. The minimum absolute atomic E-state index is 0.0122. The average Bonchev–Trinajstić information content (AvgIpc) is 3.04. The van der Waals surface area contributed by atoms with Crippen molar-refractivity contribution in [3.8, 4) is 0 Å². The van der Waals surface area contributed by atoms with E-state index in [1.807, 2.05) is 11.8 Å². The van der Waals surface area contributed by atoms with Gasteiger partial charge >= 0.3 is 0 Å². The Labute approximate surface area is 186 Å². The van der Waals surface area contributed by atoms with Crippen molar-refractivity contribution in [2.45, 2.75) is 6.92 Å². The number of imidazole rings is 1. The predicted octanol–water partition coefficient (Wildman–Crippen LogP) is 2.28. The Morgan fingerprint density at radius 3 is 2.88 bits per heavy atom. The maximum Gasteiger partial charge on any atom is 0.242 e. The molecule has 0 spiro atoms. The Morgan fingerprint density at radius 1 is 1.25 bits per heavy atom. The molecule has 168 valence electrons. The zero-order valence-electron chi connectivity index (χ0n) is 18.1. The third-order valence-electron chi connectivity index (χ3n) is 5.44. The van der Waals surface area contributed by atoms with Crippen molar-refractivity contribution in [2.75, 3.05) is 57.8 Å². The summed E-state index contributed by atoms with van der Waals surface area (Å²) in [6, 6.07) is 0. The number of carbonyl (C=O) groups excluding carboxylic acids is 1. The highest BCUT2D eigenvalue weighted by atomic mass is 19.1. The fourth-order valence-electron chi connectivity index (χ4n) is 3.74. The van der Waals surface area contributed by atoms with Gasteiger partial charge in [0.25, 0.3) is 0 Å². The van der Waals surface area contributed by atoms with Crippen molar-refractivity contribution in [1.82, 2.24) is 24.2 Å². The summed E-state index contributed by atoms with van der Waals surface area (Å²) in [5.74, 6) is 0.135. The van der Waals surface area contributed by atoms with E-state index in [0.29, 0.717) is 42.4 Å². The summed E-state index contributed by atoms with van der Waals surface area (Å²) >= 11 is 0. The number of rotatable bonds is 8. The summed E-state index contributed by atoms with van der Waals surface area (Å²) in [6.45, 7) is 7.46. The second-order valence-electron chi connectivity index (χ2n) is 7.49. The normalized spacial score (nSPS) is 16.8. The summed E-state index contributed by atoms with van der Waals surface area (Å²) in [7, 11) is 0. The molecular weight excluding hydrogens is 411 g/mol. The Balaban J connectivity index is 1.46. The van der Waals surface area contributed by atoms with E-state index in [2.05, 4.69) is 25.9 Å². The average molecular weight is 439 g/mol. The molecule has 2 aromatic rings. The van der Waals surface area contributed by atoms with Crippen LogP contribution in [0.1, 0.15) is 12.6 Å². The van der Waals surface area contributed by atoms with E-state index in [4.69, 9.17) is 4.74 Å². The second-order valence-corrected chi connectivity index (χ2v) is 7.49. The van der Waals surface area contributed by atoms with Gasteiger partial charge in [-0.2, -0.15) is 4.39 Å². The minimum atomic E-state index is -0.482. The lowest BCUT2D eigenvalue weighted by Gasteiger charge is -2.34. The Hall–Kier alpha value is -3.26. The molecule has 9 heteroatoms. The van der Waals surface area contributed by atoms with E-state index in [9.17, 15) is 9.18 Å². The lowest BCUT2D eigenvalue weighted by atomic mass is 10.2. The summed E-state index contributed by atoms with van der Waals surface area (Å²) in [4.78, 5) is 25.7. The number of ether oxygens (including phenoxy) is 1. The molecule has 32 heavy (non-hydrogen) atoms. The molecule has 0 aromatic carbocycles. The maximum atomic E-state index is 14.0. The lowest BCUT2D eigenvalue weighted by molar-refractivity contribution is -0.131. The number of amides is 1. The van der Waals surface area contributed by atoms with Crippen LogP contribution in [0.4, 0.5) is 10.2 Å². The molecule has 1 fully saturated rings. The number of fused-ring (bicyclic) bond motifs is 1. The van der Waals surface area contributed by atoms with Crippen LogP contribution in [0.5, 0.6) is 0 Å². The SMILES string of the molecule is CCOCCN1CCN(C(=O)CNc2c(C3=C=C(F)C=CC=C3)nc3cnccn23)CC1. The minimum Gasteiger partial charge on any atom is -0.380 e. The highest BCUT2D eigenvalue weighted by Gasteiger charge is 2.22. The van der Waals surface area contributed by atoms with Gasteiger partial charge in [-0.25, -0.2) is 4.98 Å². The summed E-state index contributed by atoms with van der Waals surface area (Å²) in [5.41, 5.74) is 4.33. The molecule has 2 aromatic heterocycles. The molecule has 2 aliphatic rings. The first-order valence-electron chi connectivity index (χ1n) is 10.8. The first-order valence-corrected chi connectivity index (χ1v) is 10.8. The smallest absolute Gasteiger partial charge is 0.242 e. The summed E-state index contributed by atoms with van der Waals surface area (Å²) < 4.78 is 21.2. The number of halogens is 1. The summed E-state index contributed by atoms with van der Waals surface area (Å²) in [6.07, 6.45) is 11.4. The topological polar surface area (TPSA) is 75.0 Å². The Bertz CT molecular complexity index is 1090. The molecule has 0 unspecified atom stereocenters. The van der Waals surface area contributed by atoms with Crippen molar-refractivity contribution >= 4 is 22.9 Å². The monoisotopic (exact) mass is 438 g/mol. The number of hydrogen-bond acceptors (Lipinski definition) is 6. The fraction of sp³-hybridized carbons (Fsp3) is 0.391. The van der Waals surface area contributed by atoms with Gasteiger partial charge < -0.3 is 15.0 Å². The van der Waals surface area contributed by atoms with Crippen LogP contribution >= 0.6 is 0 Å². The second kappa shape index (κ2) is 10.4. The zero-order chi connectivity index (χ0) is 22.3. The lowest BCUT2D eigenvalue weighted by Crippen LogP contribution is -2.50.